The lowest BCUT2D eigenvalue weighted by molar-refractivity contribution is -0.139. The largest absolute Gasteiger partial charge is 0.462 e. The molecule has 1 unspecified atom stereocenters. The molecule has 0 radical (unpaired) electrons. The molecular weight excluding hydrogens is 376 g/mol. The van der Waals surface area contributed by atoms with Crippen molar-refractivity contribution in [3.8, 4) is 0 Å². The van der Waals surface area contributed by atoms with E-state index in [1.54, 1.807) is 18.2 Å². The Hall–Kier alpha value is -3.50. The number of hydrogen-bond donors (Lipinski definition) is 1. The Bertz CT molecular complexity index is 777. The van der Waals surface area contributed by atoms with Crippen LogP contribution < -0.4 is 0 Å². The van der Waals surface area contributed by atoms with Gasteiger partial charge in [-0.1, -0.05) is 97.6 Å². The molecule has 30 heavy (non-hydrogen) atoms. The van der Waals surface area contributed by atoms with Crippen LogP contribution in [0.25, 0.3) is 12.2 Å². The molecule has 4 heteroatoms. The minimum atomic E-state index is -0.419. The van der Waals surface area contributed by atoms with E-state index >= 15 is 0 Å². The standard InChI is InChI=1S/C12H14O.C9H8O.C5H8O2/c1-2-6-12(13)10-9-11-7-4-3-5-8-11;10-8-4-7-9-5-2-1-3-6-9;1-3-4-7-5(2)6/h2-5,7-10,12-13H,1,6H2;1-8H;3H,1,4H2,2H3/b10-9+;7-4+;. The molecule has 0 aliphatic rings. The molecule has 1 N–H and O–H groups in total. The Balaban J connectivity index is 0.000000442. The van der Waals surface area contributed by atoms with Crippen molar-refractivity contribution in [2.24, 2.45) is 0 Å². The zero-order valence-electron chi connectivity index (χ0n) is 17.4. The number of carbonyl (C=O) groups excluding carboxylic acids is 2. The fraction of sp³-hybridized carbons (Fsp3) is 0.154. The summed E-state index contributed by atoms with van der Waals surface area (Å²) in [5, 5.41) is 9.35. The van der Waals surface area contributed by atoms with Gasteiger partial charge in [0, 0.05) is 6.92 Å². The molecule has 4 nitrogen and oxygen atoms in total. The zero-order chi connectivity index (χ0) is 22.5. The average Bonchev–Trinajstić information content (AvgIpc) is 2.77. The molecule has 0 fully saturated rings. The maximum absolute atomic E-state index is 9.93. The van der Waals surface area contributed by atoms with Crippen molar-refractivity contribution >= 4 is 24.4 Å². The molecule has 2 rings (SSSR count). The van der Waals surface area contributed by atoms with E-state index in [2.05, 4.69) is 17.9 Å². The maximum atomic E-state index is 9.93. The molecule has 158 valence electrons. The van der Waals surface area contributed by atoms with Crippen LogP contribution in [-0.2, 0) is 14.3 Å². The number of ether oxygens (including phenoxy) is 1. The Morgan fingerprint density at radius 3 is 1.90 bits per heavy atom. The van der Waals surface area contributed by atoms with Gasteiger partial charge in [-0.3, -0.25) is 9.59 Å². The third kappa shape index (κ3) is 16.7. The predicted octanol–water partition coefficient (Wildman–Crippen LogP) is 5.27. The summed E-state index contributed by atoms with van der Waals surface area (Å²) in [6.07, 6.45) is 11.1. The Kier molecular flexibility index (Phi) is 16.6. The van der Waals surface area contributed by atoms with Gasteiger partial charge < -0.3 is 9.84 Å². The molecule has 2 aromatic carbocycles. The number of hydrogen-bond acceptors (Lipinski definition) is 4. The number of carbonyl (C=O) groups is 2. The summed E-state index contributed by atoms with van der Waals surface area (Å²) in [6.45, 7) is 8.60. The van der Waals surface area contributed by atoms with E-state index in [-0.39, 0.29) is 5.97 Å². The molecule has 0 saturated heterocycles. The van der Waals surface area contributed by atoms with Crippen molar-refractivity contribution in [1.29, 1.82) is 0 Å². The third-order valence-corrected chi connectivity index (χ3v) is 3.29. The molecule has 0 aromatic heterocycles. The van der Waals surface area contributed by atoms with Crippen LogP contribution in [0, 0.1) is 0 Å². The number of aliphatic hydroxyl groups is 1. The van der Waals surface area contributed by atoms with Gasteiger partial charge in [-0.2, -0.15) is 0 Å². The third-order valence-electron chi connectivity index (χ3n) is 3.29. The summed E-state index contributed by atoms with van der Waals surface area (Å²) >= 11 is 0. The van der Waals surface area contributed by atoms with Crippen LogP contribution in [0.3, 0.4) is 0 Å². The topological polar surface area (TPSA) is 63.6 Å². The van der Waals surface area contributed by atoms with Gasteiger partial charge >= 0.3 is 5.97 Å². The number of aldehydes is 1. The molecule has 0 heterocycles. The van der Waals surface area contributed by atoms with Crippen molar-refractivity contribution in [3.63, 3.8) is 0 Å². The second-order valence-corrected chi connectivity index (χ2v) is 5.86. The van der Waals surface area contributed by atoms with Gasteiger partial charge in [-0.05, 0) is 23.6 Å². The van der Waals surface area contributed by atoms with Crippen LogP contribution >= 0.6 is 0 Å². The normalized spacial score (nSPS) is 10.7. The van der Waals surface area contributed by atoms with Crippen molar-refractivity contribution < 1.29 is 19.4 Å². The molecule has 0 saturated carbocycles. The summed E-state index contributed by atoms with van der Waals surface area (Å²) in [5.41, 5.74) is 2.15. The van der Waals surface area contributed by atoms with Gasteiger partial charge in [0.1, 0.15) is 12.9 Å². The van der Waals surface area contributed by atoms with Crippen LogP contribution in [0.15, 0.2) is 98.1 Å². The fourth-order valence-corrected chi connectivity index (χ4v) is 1.93. The lowest BCUT2D eigenvalue weighted by Crippen LogP contribution is -1.98. The number of allylic oxidation sites excluding steroid dienone is 1. The maximum Gasteiger partial charge on any atom is 0.302 e. The van der Waals surface area contributed by atoms with Crippen molar-refractivity contribution in [3.05, 3.63) is 109 Å². The number of aliphatic hydroxyl groups excluding tert-OH is 1. The summed E-state index contributed by atoms with van der Waals surface area (Å²) in [6, 6.07) is 19.6. The van der Waals surface area contributed by atoms with Crippen molar-refractivity contribution in [2.45, 2.75) is 19.4 Å². The predicted molar refractivity (Wildman–Crippen MR) is 125 cm³/mol. The van der Waals surface area contributed by atoms with Gasteiger partial charge in [0.15, 0.2) is 0 Å². The Morgan fingerprint density at radius 1 is 0.967 bits per heavy atom. The molecule has 0 bridgehead atoms. The number of rotatable bonds is 8. The quantitative estimate of drug-likeness (QED) is 0.281. The van der Waals surface area contributed by atoms with E-state index in [9.17, 15) is 14.7 Å². The first-order valence-corrected chi connectivity index (χ1v) is 9.46. The molecule has 1 atom stereocenters. The zero-order valence-corrected chi connectivity index (χ0v) is 17.4. The van der Waals surface area contributed by atoms with E-state index in [4.69, 9.17) is 0 Å². The van der Waals surface area contributed by atoms with Crippen LogP contribution in [0.2, 0.25) is 0 Å². The van der Waals surface area contributed by atoms with Crippen molar-refractivity contribution in [2.75, 3.05) is 6.61 Å². The van der Waals surface area contributed by atoms with Crippen molar-refractivity contribution in [1.82, 2.24) is 0 Å². The highest BCUT2D eigenvalue weighted by Gasteiger charge is 1.93. The van der Waals surface area contributed by atoms with E-state index in [1.165, 1.54) is 19.1 Å². The Morgan fingerprint density at radius 2 is 1.50 bits per heavy atom. The second-order valence-electron chi connectivity index (χ2n) is 5.86. The molecule has 0 aliphatic heterocycles. The van der Waals surface area contributed by atoms with E-state index < -0.39 is 6.10 Å². The van der Waals surface area contributed by atoms with E-state index in [1.807, 2.05) is 66.7 Å². The molecule has 2 aromatic rings. The second kappa shape index (κ2) is 18.8. The molecule has 0 amide bonds. The first-order valence-electron chi connectivity index (χ1n) is 9.46. The highest BCUT2D eigenvalue weighted by atomic mass is 16.5. The highest BCUT2D eigenvalue weighted by molar-refractivity contribution is 5.73. The van der Waals surface area contributed by atoms with Crippen LogP contribution in [0.4, 0.5) is 0 Å². The lowest BCUT2D eigenvalue weighted by atomic mass is 10.1. The summed E-state index contributed by atoms with van der Waals surface area (Å²) in [5.74, 6) is -0.264. The van der Waals surface area contributed by atoms with Gasteiger partial charge in [0.25, 0.3) is 0 Å². The number of benzene rings is 2. The first kappa shape index (κ1) is 26.5. The summed E-state index contributed by atoms with van der Waals surface area (Å²) in [7, 11) is 0. The van der Waals surface area contributed by atoms with E-state index in [0.29, 0.717) is 13.0 Å². The average molecular weight is 407 g/mol. The molecule has 0 spiro atoms. The van der Waals surface area contributed by atoms with E-state index in [0.717, 1.165) is 17.4 Å². The highest BCUT2D eigenvalue weighted by Crippen LogP contribution is 2.03. The van der Waals surface area contributed by atoms with Crippen LogP contribution in [-0.4, -0.2) is 30.1 Å². The fourth-order valence-electron chi connectivity index (χ4n) is 1.93. The van der Waals surface area contributed by atoms with Gasteiger partial charge in [0.2, 0.25) is 0 Å². The minimum Gasteiger partial charge on any atom is -0.462 e. The summed E-state index contributed by atoms with van der Waals surface area (Å²) < 4.78 is 4.43. The van der Waals surface area contributed by atoms with Gasteiger partial charge in [0.05, 0.1) is 6.10 Å². The first-order chi connectivity index (χ1) is 14.5. The van der Waals surface area contributed by atoms with Crippen LogP contribution in [0.5, 0.6) is 0 Å². The Labute approximate surface area is 179 Å². The monoisotopic (exact) mass is 406 g/mol. The SMILES string of the molecule is C=CCC(O)/C=C/c1ccccc1.C=CCOC(C)=O.O=C/C=C/c1ccccc1. The molecular formula is C26H30O4. The van der Waals surface area contributed by atoms with Gasteiger partial charge in [-0.25, -0.2) is 0 Å². The lowest BCUT2D eigenvalue weighted by Gasteiger charge is -1.99. The minimum absolute atomic E-state index is 0.264. The summed E-state index contributed by atoms with van der Waals surface area (Å²) in [4.78, 5) is 19.8. The number of esters is 1. The molecule has 0 aliphatic carbocycles. The smallest absolute Gasteiger partial charge is 0.302 e. The van der Waals surface area contributed by atoms with Crippen LogP contribution in [0.1, 0.15) is 24.5 Å². The van der Waals surface area contributed by atoms with Gasteiger partial charge in [-0.15, -0.1) is 6.58 Å².